The summed E-state index contributed by atoms with van der Waals surface area (Å²) in [6, 6.07) is 9.40. The van der Waals surface area contributed by atoms with Crippen molar-refractivity contribution in [1.29, 1.82) is 0 Å². The molecule has 0 spiro atoms. The summed E-state index contributed by atoms with van der Waals surface area (Å²) in [4.78, 5) is 25.5. The average molecular weight is 289 g/mol. The van der Waals surface area contributed by atoms with Crippen LogP contribution in [0.15, 0.2) is 30.3 Å². The molecular formula is C17H23NO3. The molecule has 1 aliphatic heterocycles. The lowest BCUT2D eigenvalue weighted by atomic mass is 9.91. The highest BCUT2D eigenvalue weighted by molar-refractivity contribution is 5.94. The van der Waals surface area contributed by atoms with Gasteiger partial charge in [-0.05, 0) is 30.7 Å². The lowest BCUT2D eigenvalue weighted by Crippen LogP contribution is -2.39. The van der Waals surface area contributed by atoms with Crippen LogP contribution in [0.4, 0.5) is 4.79 Å². The van der Waals surface area contributed by atoms with E-state index in [4.69, 9.17) is 4.74 Å². The molecule has 0 aromatic heterocycles. The van der Waals surface area contributed by atoms with Gasteiger partial charge in [0.1, 0.15) is 6.61 Å². The molecule has 0 saturated carbocycles. The van der Waals surface area contributed by atoms with Gasteiger partial charge in [-0.2, -0.15) is 0 Å². The summed E-state index contributed by atoms with van der Waals surface area (Å²) in [6.45, 7) is 6.40. The normalized spacial score (nSPS) is 21.9. The number of rotatable bonds is 4. The Hall–Kier alpha value is -1.84. The molecule has 0 aliphatic carbocycles. The fourth-order valence-corrected chi connectivity index (χ4v) is 2.87. The maximum Gasteiger partial charge on any atom is 0.417 e. The fourth-order valence-electron chi connectivity index (χ4n) is 2.87. The van der Waals surface area contributed by atoms with E-state index in [0.29, 0.717) is 12.3 Å². The number of hydrogen-bond donors (Lipinski definition) is 0. The molecule has 114 valence electrons. The molecule has 4 nitrogen and oxygen atoms in total. The van der Waals surface area contributed by atoms with Gasteiger partial charge < -0.3 is 4.74 Å². The van der Waals surface area contributed by atoms with Crippen LogP contribution in [0.25, 0.3) is 0 Å². The van der Waals surface area contributed by atoms with Crippen molar-refractivity contribution >= 4 is 12.0 Å². The van der Waals surface area contributed by atoms with Crippen molar-refractivity contribution in [2.75, 3.05) is 0 Å². The molecule has 1 heterocycles. The first-order chi connectivity index (χ1) is 9.99. The topological polar surface area (TPSA) is 46.6 Å². The Morgan fingerprint density at radius 1 is 1.33 bits per heavy atom. The lowest BCUT2D eigenvalue weighted by molar-refractivity contribution is -0.127. The van der Waals surface area contributed by atoms with Crippen molar-refractivity contribution in [2.24, 2.45) is 11.8 Å². The van der Waals surface area contributed by atoms with Gasteiger partial charge in [-0.25, -0.2) is 9.69 Å². The summed E-state index contributed by atoms with van der Waals surface area (Å²) in [5.41, 5.74) is 0.920. The molecule has 21 heavy (non-hydrogen) atoms. The van der Waals surface area contributed by atoms with E-state index in [1.165, 1.54) is 4.90 Å². The number of likely N-dealkylation sites (tertiary alicyclic amines) is 1. The van der Waals surface area contributed by atoms with Gasteiger partial charge in [-0.15, -0.1) is 0 Å². The Morgan fingerprint density at radius 3 is 2.62 bits per heavy atom. The Labute approximate surface area is 126 Å². The number of ether oxygens (including phenoxy) is 1. The number of carbonyl (C=O) groups is 2. The van der Waals surface area contributed by atoms with Crippen LogP contribution in [0, 0.1) is 11.8 Å². The smallest absolute Gasteiger partial charge is 0.417 e. The van der Waals surface area contributed by atoms with Crippen LogP contribution in [0.1, 0.15) is 39.2 Å². The van der Waals surface area contributed by atoms with Crippen LogP contribution >= 0.6 is 0 Å². The van der Waals surface area contributed by atoms with Crippen molar-refractivity contribution in [3.63, 3.8) is 0 Å². The molecule has 2 atom stereocenters. The van der Waals surface area contributed by atoms with Crippen LogP contribution in [-0.2, 0) is 16.1 Å². The third-order valence-electron chi connectivity index (χ3n) is 3.97. The molecule has 1 fully saturated rings. The second-order valence-corrected chi connectivity index (χ2v) is 6.14. The largest absolute Gasteiger partial charge is 0.444 e. The van der Waals surface area contributed by atoms with Crippen LogP contribution in [0.5, 0.6) is 0 Å². The number of amides is 2. The first-order valence-corrected chi connectivity index (χ1v) is 7.51. The van der Waals surface area contributed by atoms with E-state index in [1.54, 1.807) is 0 Å². The molecule has 0 radical (unpaired) electrons. The third kappa shape index (κ3) is 3.84. The zero-order valence-corrected chi connectivity index (χ0v) is 12.9. The van der Waals surface area contributed by atoms with Crippen molar-refractivity contribution in [3.05, 3.63) is 35.9 Å². The fraction of sp³-hybridized carbons (Fsp3) is 0.529. The van der Waals surface area contributed by atoms with E-state index in [9.17, 15) is 9.59 Å². The highest BCUT2D eigenvalue weighted by Gasteiger charge is 2.41. The van der Waals surface area contributed by atoms with Crippen LogP contribution in [0.3, 0.4) is 0 Å². The molecule has 0 bridgehead atoms. The molecule has 2 unspecified atom stereocenters. The molecule has 1 saturated heterocycles. The first kappa shape index (κ1) is 15.5. The maximum absolute atomic E-state index is 12.2. The van der Waals surface area contributed by atoms with Gasteiger partial charge in [0, 0.05) is 12.5 Å². The van der Waals surface area contributed by atoms with Gasteiger partial charge in [0.2, 0.25) is 5.91 Å². The zero-order valence-electron chi connectivity index (χ0n) is 12.9. The molecule has 1 aliphatic rings. The predicted octanol–water partition coefficient (Wildman–Crippen LogP) is 3.61. The van der Waals surface area contributed by atoms with Gasteiger partial charge >= 0.3 is 6.09 Å². The minimum atomic E-state index is -0.525. The van der Waals surface area contributed by atoms with Crippen molar-refractivity contribution in [2.45, 2.75) is 46.3 Å². The Bertz CT molecular complexity index is 498. The second-order valence-electron chi connectivity index (χ2n) is 6.14. The molecule has 0 N–H and O–H groups in total. The summed E-state index contributed by atoms with van der Waals surface area (Å²) < 4.78 is 5.27. The Morgan fingerprint density at radius 2 is 2.00 bits per heavy atom. The monoisotopic (exact) mass is 289 g/mol. The standard InChI is InChI=1S/C17H23NO3/c1-12(2)9-15-10-16(19)18(13(15)3)17(20)21-11-14-7-5-4-6-8-14/h4-8,12-13,15H,9-11H2,1-3H3. The van der Waals surface area contributed by atoms with Crippen LogP contribution in [0.2, 0.25) is 0 Å². The lowest BCUT2D eigenvalue weighted by Gasteiger charge is -2.23. The minimum Gasteiger partial charge on any atom is -0.444 e. The Kier molecular flexibility index (Phi) is 4.99. The van der Waals surface area contributed by atoms with E-state index >= 15 is 0 Å². The number of benzene rings is 1. The van der Waals surface area contributed by atoms with Gasteiger partial charge in [0.05, 0.1) is 0 Å². The molecule has 2 amide bonds. The average Bonchev–Trinajstić information content (AvgIpc) is 2.71. The SMILES string of the molecule is CC(C)CC1CC(=O)N(C(=O)OCc2ccccc2)C1C. The number of imide groups is 1. The maximum atomic E-state index is 12.2. The van der Waals surface area contributed by atoms with Gasteiger partial charge in [-0.1, -0.05) is 44.2 Å². The van der Waals surface area contributed by atoms with Gasteiger partial charge in [-0.3, -0.25) is 4.79 Å². The quantitative estimate of drug-likeness (QED) is 0.850. The van der Waals surface area contributed by atoms with E-state index < -0.39 is 6.09 Å². The number of nitrogens with zero attached hydrogens (tertiary/aromatic N) is 1. The molecular weight excluding hydrogens is 266 g/mol. The molecule has 2 rings (SSSR count). The first-order valence-electron chi connectivity index (χ1n) is 7.51. The second kappa shape index (κ2) is 6.74. The molecule has 4 heteroatoms. The van der Waals surface area contributed by atoms with Gasteiger partial charge in [0.25, 0.3) is 0 Å². The van der Waals surface area contributed by atoms with Crippen molar-refractivity contribution < 1.29 is 14.3 Å². The summed E-state index contributed by atoms with van der Waals surface area (Å²) >= 11 is 0. The van der Waals surface area contributed by atoms with Crippen molar-refractivity contribution in [1.82, 2.24) is 4.90 Å². The molecule has 1 aromatic rings. The number of hydrogen-bond acceptors (Lipinski definition) is 3. The van der Waals surface area contributed by atoms with Crippen molar-refractivity contribution in [3.8, 4) is 0 Å². The molecule has 1 aromatic carbocycles. The van der Waals surface area contributed by atoms with Gasteiger partial charge in [0.15, 0.2) is 0 Å². The number of carbonyl (C=O) groups excluding carboxylic acids is 2. The summed E-state index contributed by atoms with van der Waals surface area (Å²) in [6.07, 6.45) is 0.873. The van der Waals surface area contributed by atoms with E-state index in [1.807, 2.05) is 37.3 Å². The van der Waals surface area contributed by atoms with Crippen LogP contribution < -0.4 is 0 Å². The third-order valence-corrected chi connectivity index (χ3v) is 3.97. The highest BCUT2D eigenvalue weighted by Crippen LogP contribution is 2.31. The van der Waals surface area contributed by atoms with E-state index in [-0.39, 0.29) is 24.5 Å². The zero-order chi connectivity index (χ0) is 15.4. The predicted molar refractivity (Wildman–Crippen MR) is 80.5 cm³/mol. The van der Waals surface area contributed by atoms with E-state index in [2.05, 4.69) is 13.8 Å². The summed E-state index contributed by atoms with van der Waals surface area (Å²) in [5, 5.41) is 0. The Balaban J connectivity index is 1.94. The highest BCUT2D eigenvalue weighted by atomic mass is 16.6. The van der Waals surface area contributed by atoms with Crippen LogP contribution in [-0.4, -0.2) is 22.9 Å². The minimum absolute atomic E-state index is 0.0804. The summed E-state index contributed by atoms with van der Waals surface area (Å²) in [5.74, 6) is 0.638. The van der Waals surface area contributed by atoms with E-state index in [0.717, 1.165) is 12.0 Å². The summed E-state index contributed by atoms with van der Waals surface area (Å²) in [7, 11) is 0.